The summed E-state index contributed by atoms with van der Waals surface area (Å²) < 4.78 is 12.5. The monoisotopic (exact) mass is 560 g/mol. The Bertz CT molecular complexity index is 1470. The van der Waals surface area contributed by atoms with E-state index >= 15 is 0 Å². The number of anilines is 2. The first-order valence-electron chi connectivity index (χ1n) is 13.7. The maximum absolute atomic E-state index is 11.6. The molecule has 0 fully saturated rings. The van der Waals surface area contributed by atoms with Crippen molar-refractivity contribution >= 4 is 40.9 Å². The number of hydrazone groups is 1. The minimum atomic E-state index is -0.455. The number of nitrogens with zero attached hydrogens (tertiary/aromatic N) is 3. The summed E-state index contributed by atoms with van der Waals surface area (Å²) in [6, 6.07) is 28.1. The van der Waals surface area contributed by atoms with E-state index in [2.05, 4.69) is 29.9 Å². The first kappa shape index (κ1) is 29.7. The average molecular weight is 561 g/mol. The molecular weight excluding hydrogens is 526 g/mol. The predicted octanol–water partition coefficient (Wildman–Crippen LogP) is 6.48. The zero-order chi connectivity index (χ0) is 29.6. The quantitative estimate of drug-likeness (QED) is 0.0787. The number of hydrogen-bond donors (Lipinski definition) is 0. The minimum Gasteiger partial charge on any atom is -0.462 e. The van der Waals surface area contributed by atoms with Crippen molar-refractivity contribution in [3.8, 4) is 0 Å². The molecule has 0 N–H and O–H groups in total. The van der Waals surface area contributed by atoms with Crippen LogP contribution < -0.4 is 5.01 Å². The topological polar surface area (TPSA) is 71.2 Å². The van der Waals surface area contributed by atoms with E-state index in [0.717, 1.165) is 46.1 Å². The first-order chi connectivity index (χ1) is 20.6. The van der Waals surface area contributed by atoms with E-state index in [0.29, 0.717) is 19.4 Å². The van der Waals surface area contributed by atoms with Gasteiger partial charge in [-0.2, -0.15) is 9.68 Å². The second-order valence-electron chi connectivity index (χ2n) is 9.27. The largest absolute Gasteiger partial charge is 0.462 e. The number of ether oxygens (including phenoxy) is 2. The molecule has 7 nitrogen and oxygen atoms in total. The van der Waals surface area contributed by atoms with Crippen molar-refractivity contribution in [2.45, 2.75) is 12.8 Å². The summed E-state index contributed by atoms with van der Waals surface area (Å²) in [5, 5.41) is 6.72. The van der Waals surface area contributed by atoms with E-state index in [1.165, 1.54) is 0 Å². The molecule has 1 aliphatic rings. The molecule has 0 amide bonds. The number of esters is 2. The van der Waals surface area contributed by atoms with Crippen molar-refractivity contribution < 1.29 is 23.6 Å². The van der Waals surface area contributed by atoms with E-state index in [4.69, 9.17) is 14.6 Å². The van der Waals surface area contributed by atoms with Gasteiger partial charge >= 0.3 is 11.9 Å². The molecule has 3 aromatic carbocycles. The molecule has 3 aromatic rings. The summed E-state index contributed by atoms with van der Waals surface area (Å²) in [5.41, 5.74) is 5.97. The van der Waals surface area contributed by atoms with Crippen LogP contribution in [-0.2, 0) is 25.5 Å². The van der Waals surface area contributed by atoms with Crippen molar-refractivity contribution in [2.24, 2.45) is 5.10 Å². The van der Waals surface area contributed by atoms with Gasteiger partial charge in [-0.05, 0) is 41.5 Å². The maximum Gasteiger partial charge on any atom is 0.330 e. The number of carbonyl (C=O) groups is 2. The predicted molar refractivity (Wildman–Crippen MR) is 168 cm³/mol. The molecule has 0 saturated heterocycles. The normalized spacial score (nSPS) is 13.7. The average Bonchev–Trinajstić information content (AvgIpc) is 3.05. The van der Waals surface area contributed by atoms with Crippen LogP contribution in [0.1, 0.15) is 12.0 Å². The number of rotatable bonds is 13. The molecule has 7 heteroatoms. The van der Waals surface area contributed by atoms with Gasteiger partial charge in [0.2, 0.25) is 5.69 Å². The highest BCUT2D eigenvalue weighted by Crippen LogP contribution is 2.25. The van der Waals surface area contributed by atoms with E-state index in [1.807, 2.05) is 102 Å². The highest BCUT2D eigenvalue weighted by Gasteiger charge is 2.18. The van der Waals surface area contributed by atoms with Crippen LogP contribution in [0.25, 0.3) is 0 Å². The lowest BCUT2D eigenvalue weighted by Gasteiger charge is -2.19. The van der Waals surface area contributed by atoms with Crippen molar-refractivity contribution in [1.29, 1.82) is 0 Å². The summed E-state index contributed by atoms with van der Waals surface area (Å²) in [5.74, 6) is -0.888. The van der Waals surface area contributed by atoms with Gasteiger partial charge in [-0.15, -0.1) is 0 Å². The number of allylic oxidation sites excluding steroid dienone is 4. The van der Waals surface area contributed by atoms with Crippen molar-refractivity contribution in [3.05, 3.63) is 140 Å². The van der Waals surface area contributed by atoms with Crippen LogP contribution in [0.3, 0.4) is 0 Å². The molecule has 1 aliphatic carbocycles. The first-order valence-corrected chi connectivity index (χ1v) is 13.7. The van der Waals surface area contributed by atoms with Gasteiger partial charge in [0.15, 0.2) is 18.9 Å². The van der Waals surface area contributed by atoms with Gasteiger partial charge in [-0.1, -0.05) is 67.8 Å². The molecule has 0 aliphatic heterocycles. The Kier molecular flexibility index (Phi) is 10.9. The number of hydrogen-bond acceptors (Lipinski definition) is 6. The van der Waals surface area contributed by atoms with Crippen LogP contribution in [0.15, 0.2) is 139 Å². The van der Waals surface area contributed by atoms with Gasteiger partial charge < -0.3 is 9.47 Å². The van der Waals surface area contributed by atoms with Crippen LogP contribution >= 0.6 is 0 Å². The fraction of sp³-hybridized carbons (Fsp3) is 0.143. The maximum atomic E-state index is 11.6. The lowest BCUT2D eigenvalue weighted by Crippen LogP contribution is -2.22. The zero-order valence-corrected chi connectivity index (χ0v) is 23.5. The molecular formula is C35H34N3O4+. The molecule has 0 bridgehead atoms. The van der Waals surface area contributed by atoms with Gasteiger partial charge in [-0.3, -0.25) is 0 Å². The second-order valence-corrected chi connectivity index (χ2v) is 9.27. The third-order valence-corrected chi connectivity index (χ3v) is 6.46. The minimum absolute atomic E-state index is 0.211. The Morgan fingerprint density at radius 1 is 0.810 bits per heavy atom. The highest BCUT2D eigenvalue weighted by atomic mass is 16.5. The Hall–Kier alpha value is -5.30. The molecule has 0 unspecified atom stereocenters. The molecule has 0 aromatic heterocycles. The highest BCUT2D eigenvalue weighted by molar-refractivity contribution is 5.98. The van der Waals surface area contributed by atoms with E-state index < -0.39 is 11.9 Å². The van der Waals surface area contributed by atoms with E-state index in [1.54, 1.807) is 0 Å². The summed E-state index contributed by atoms with van der Waals surface area (Å²) in [6.45, 7) is 7.85. The van der Waals surface area contributed by atoms with E-state index in [9.17, 15) is 9.59 Å². The van der Waals surface area contributed by atoms with Crippen molar-refractivity contribution in [3.63, 3.8) is 0 Å². The number of benzene rings is 3. The number of para-hydroxylation sites is 2. The SMILES string of the molecule is C=CC(=O)OCCc1ccc([N+](CCOC(=O)C=C)=C2C=CC(C=NN(c3ccccc3)c3ccccc3)=CC2)cc1. The van der Waals surface area contributed by atoms with Crippen LogP contribution in [0.4, 0.5) is 17.1 Å². The van der Waals surface area contributed by atoms with Gasteiger partial charge in [0, 0.05) is 36.8 Å². The van der Waals surface area contributed by atoms with Gasteiger partial charge in [0.25, 0.3) is 0 Å². The molecule has 0 atom stereocenters. The molecule has 0 heterocycles. The Morgan fingerprint density at radius 2 is 1.40 bits per heavy atom. The van der Waals surface area contributed by atoms with Crippen LogP contribution in [0.2, 0.25) is 0 Å². The second kappa shape index (κ2) is 15.5. The fourth-order valence-electron chi connectivity index (χ4n) is 4.30. The summed E-state index contributed by atoms with van der Waals surface area (Å²) >= 11 is 0. The summed E-state index contributed by atoms with van der Waals surface area (Å²) in [4.78, 5) is 23.0. The molecule has 4 rings (SSSR count). The Morgan fingerprint density at radius 3 is 1.95 bits per heavy atom. The standard InChI is InChI=1S/C35H34N3O4/c1-3-34(39)41-25-23-28-15-19-30(20-16-28)37(24-26-42-35(40)4-2)31-21-17-29(18-22-31)27-36-38(32-11-7-5-8-12-32)33-13-9-6-10-14-33/h3-21,27H,1-2,22-26H2/q+1. The smallest absolute Gasteiger partial charge is 0.330 e. The third-order valence-electron chi connectivity index (χ3n) is 6.46. The van der Waals surface area contributed by atoms with Crippen molar-refractivity contribution in [2.75, 3.05) is 24.8 Å². The zero-order valence-electron chi connectivity index (χ0n) is 23.5. The lowest BCUT2D eigenvalue weighted by atomic mass is 10.1. The van der Waals surface area contributed by atoms with Crippen LogP contribution in [-0.4, -0.2) is 48.2 Å². The van der Waals surface area contributed by atoms with Crippen LogP contribution in [0.5, 0.6) is 0 Å². The van der Waals surface area contributed by atoms with E-state index in [-0.39, 0.29) is 13.2 Å². The van der Waals surface area contributed by atoms with Gasteiger partial charge in [0.1, 0.15) is 0 Å². The Labute approximate surface area is 246 Å². The molecule has 42 heavy (non-hydrogen) atoms. The van der Waals surface area contributed by atoms with Crippen molar-refractivity contribution in [1.82, 2.24) is 0 Å². The number of carbonyl (C=O) groups excluding carboxylic acids is 2. The Balaban J connectivity index is 1.52. The molecule has 0 saturated carbocycles. The third kappa shape index (κ3) is 8.60. The fourth-order valence-corrected chi connectivity index (χ4v) is 4.30. The molecule has 0 radical (unpaired) electrons. The van der Waals surface area contributed by atoms with Crippen LogP contribution in [0, 0.1) is 0 Å². The molecule has 0 spiro atoms. The molecule has 212 valence electrons. The summed E-state index contributed by atoms with van der Waals surface area (Å²) in [6.07, 6.45) is 11.7. The lowest BCUT2D eigenvalue weighted by molar-refractivity contribution is -0.444. The van der Waals surface area contributed by atoms with Gasteiger partial charge in [-0.25, -0.2) is 14.6 Å². The van der Waals surface area contributed by atoms with Gasteiger partial charge in [0.05, 0.1) is 30.6 Å². The summed E-state index contributed by atoms with van der Waals surface area (Å²) in [7, 11) is 0.